The van der Waals surface area contributed by atoms with E-state index >= 15 is 0 Å². The van der Waals surface area contributed by atoms with E-state index in [2.05, 4.69) is 30.5 Å². The van der Waals surface area contributed by atoms with Gasteiger partial charge in [0, 0.05) is 16.2 Å². The number of nitrogens with zero attached hydrogens (tertiary/aromatic N) is 1. The molecule has 27 heavy (non-hydrogen) atoms. The summed E-state index contributed by atoms with van der Waals surface area (Å²) in [4.78, 5) is 6.35. The zero-order valence-corrected chi connectivity index (χ0v) is 17.7. The number of ether oxygens (including phenoxy) is 2. The molecule has 1 aromatic carbocycles. The topological polar surface area (TPSA) is 30.8 Å². The zero-order chi connectivity index (χ0) is 19.1. The van der Waals surface area contributed by atoms with Gasteiger partial charge >= 0.3 is 0 Å². The second-order valence-corrected chi connectivity index (χ2v) is 7.84. The third-order valence-electron chi connectivity index (χ3n) is 4.86. The summed E-state index contributed by atoms with van der Waals surface area (Å²) in [7, 11) is 0. The quantitative estimate of drug-likeness (QED) is 0.487. The fraction of sp³-hybridized carbons (Fsp3) is 0.522. The van der Waals surface area contributed by atoms with Crippen LogP contribution in [0.15, 0.2) is 44.8 Å². The summed E-state index contributed by atoms with van der Waals surface area (Å²) < 4.78 is 11.8. The molecule has 146 valence electrons. The van der Waals surface area contributed by atoms with Gasteiger partial charge < -0.3 is 9.47 Å². The number of aliphatic imine (C=N–C) groups is 1. The Balaban J connectivity index is 2.08. The Bertz CT molecular complexity index is 749. The molecule has 0 unspecified atom stereocenters. The highest BCUT2D eigenvalue weighted by molar-refractivity contribution is 8.02. The van der Waals surface area contributed by atoms with E-state index in [9.17, 15) is 0 Å². The van der Waals surface area contributed by atoms with Gasteiger partial charge in [0.2, 0.25) is 0 Å². The molecule has 1 aliphatic carbocycles. The van der Waals surface area contributed by atoms with E-state index in [-0.39, 0.29) is 0 Å². The van der Waals surface area contributed by atoms with Gasteiger partial charge in [0.25, 0.3) is 0 Å². The van der Waals surface area contributed by atoms with Crippen molar-refractivity contribution in [3.8, 4) is 11.5 Å². The maximum Gasteiger partial charge on any atom is 0.162 e. The van der Waals surface area contributed by atoms with Gasteiger partial charge in [0.05, 0.1) is 18.9 Å². The lowest BCUT2D eigenvalue weighted by Crippen LogP contribution is -2.10. The Kier molecular flexibility index (Phi) is 7.45. The average Bonchev–Trinajstić information content (AvgIpc) is 2.87. The number of hydrogen-bond acceptors (Lipinski definition) is 4. The minimum atomic E-state index is 0.626. The molecule has 4 heteroatoms. The van der Waals surface area contributed by atoms with Crippen molar-refractivity contribution in [1.82, 2.24) is 0 Å². The fourth-order valence-electron chi connectivity index (χ4n) is 3.49. The second kappa shape index (κ2) is 10.0. The molecule has 0 radical (unpaired) electrons. The number of fused-ring (bicyclic) bond motifs is 1. The predicted molar refractivity (Wildman–Crippen MR) is 115 cm³/mol. The van der Waals surface area contributed by atoms with Crippen LogP contribution in [0, 0.1) is 0 Å². The van der Waals surface area contributed by atoms with E-state index in [1.54, 1.807) is 11.8 Å². The third-order valence-corrected chi connectivity index (χ3v) is 5.84. The smallest absolute Gasteiger partial charge is 0.162 e. The standard InChI is InChI=1S/C23H31NO2S/c1-4-7-13-18-16-27-22-15-21(26-6-3)20(25-5-2)14-19(22)23(24-18)17-11-9-8-10-12-17/h11,14-16H,4-10,12-13H2,1-3H3. The molecule has 0 aromatic heterocycles. The van der Waals surface area contributed by atoms with Crippen molar-refractivity contribution in [3.63, 3.8) is 0 Å². The van der Waals surface area contributed by atoms with Crippen molar-refractivity contribution in [2.45, 2.75) is 70.6 Å². The molecule has 3 nitrogen and oxygen atoms in total. The van der Waals surface area contributed by atoms with Crippen molar-refractivity contribution in [2.75, 3.05) is 13.2 Å². The first-order valence-electron chi connectivity index (χ1n) is 10.3. The van der Waals surface area contributed by atoms with Crippen LogP contribution in [0.25, 0.3) is 0 Å². The van der Waals surface area contributed by atoms with Crippen molar-refractivity contribution in [1.29, 1.82) is 0 Å². The number of allylic oxidation sites excluding steroid dienone is 3. The maximum absolute atomic E-state index is 5.90. The van der Waals surface area contributed by atoms with E-state index in [0.717, 1.165) is 36.5 Å². The zero-order valence-electron chi connectivity index (χ0n) is 16.8. The normalized spacial score (nSPS) is 16.6. The van der Waals surface area contributed by atoms with Crippen LogP contribution >= 0.6 is 11.8 Å². The van der Waals surface area contributed by atoms with Crippen molar-refractivity contribution in [3.05, 3.63) is 40.5 Å². The van der Waals surface area contributed by atoms with Crippen LogP contribution in [-0.2, 0) is 0 Å². The largest absolute Gasteiger partial charge is 0.490 e. The summed E-state index contributed by atoms with van der Waals surface area (Å²) >= 11 is 1.76. The number of benzene rings is 1. The summed E-state index contributed by atoms with van der Waals surface area (Å²) in [6.45, 7) is 7.51. The summed E-state index contributed by atoms with van der Waals surface area (Å²) in [6.07, 6.45) is 10.6. The molecule has 3 rings (SSSR count). The average molecular weight is 386 g/mol. The number of rotatable bonds is 8. The third kappa shape index (κ3) is 4.98. The summed E-state index contributed by atoms with van der Waals surface area (Å²) in [5, 5.41) is 2.22. The monoisotopic (exact) mass is 385 g/mol. The number of thioether (sulfide) groups is 1. The first-order chi connectivity index (χ1) is 13.3. The van der Waals surface area contributed by atoms with Crippen molar-refractivity contribution >= 4 is 17.5 Å². The molecule has 0 saturated carbocycles. The van der Waals surface area contributed by atoms with Gasteiger partial charge in [-0.25, -0.2) is 0 Å². The Morgan fingerprint density at radius 3 is 2.48 bits per heavy atom. The van der Waals surface area contributed by atoms with Crippen LogP contribution < -0.4 is 9.47 Å². The van der Waals surface area contributed by atoms with Gasteiger partial charge in [0.1, 0.15) is 0 Å². The van der Waals surface area contributed by atoms with E-state index < -0.39 is 0 Å². The molecule has 0 N–H and O–H groups in total. The molecule has 0 fully saturated rings. The fourth-order valence-corrected chi connectivity index (χ4v) is 4.38. The van der Waals surface area contributed by atoms with E-state index in [0.29, 0.717) is 13.2 Å². The molecule has 0 spiro atoms. The van der Waals surface area contributed by atoms with Crippen LogP contribution in [0.5, 0.6) is 11.5 Å². The minimum Gasteiger partial charge on any atom is -0.490 e. The molecule has 0 atom stereocenters. The lowest BCUT2D eigenvalue weighted by molar-refractivity contribution is 0.287. The first kappa shape index (κ1) is 20.1. The predicted octanol–water partition coefficient (Wildman–Crippen LogP) is 6.91. The van der Waals surface area contributed by atoms with E-state index in [1.807, 2.05) is 13.8 Å². The van der Waals surface area contributed by atoms with Gasteiger partial charge in [-0.1, -0.05) is 31.2 Å². The molecule has 0 bridgehead atoms. The van der Waals surface area contributed by atoms with Crippen LogP contribution in [-0.4, -0.2) is 18.9 Å². The highest BCUT2D eigenvalue weighted by atomic mass is 32.2. The molecule has 0 amide bonds. The molecule has 1 aromatic rings. The van der Waals surface area contributed by atoms with Gasteiger partial charge in [-0.15, -0.1) is 0 Å². The number of hydrogen-bond donors (Lipinski definition) is 0. The Morgan fingerprint density at radius 2 is 1.81 bits per heavy atom. The van der Waals surface area contributed by atoms with Crippen LogP contribution in [0.4, 0.5) is 0 Å². The Labute approximate surface area is 167 Å². The van der Waals surface area contributed by atoms with Crippen LogP contribution in [0.2, 0.25) is 0 Å². The minimum absolute atomic E-state index is 0.626. The lowest BCUT2D eigenvalue weighted by Gasteiger charge is -2.19. The number of unbranched alkanes of at least 4 members (excludes halogenated alkanes) is 1. The summed E-state index contributed by atoms with van der Waals surface area (Å²) in [5.74, 6) is 1.65. The summed E-state index contributed by atoms with van der Waals surface area (Å²) in [6, 6.07) is 4.27. The van der Waals surface area contributed by atoms with E-state index in [1.165, 1.54) is 47.4 Å². The summed E-state index contributed by atoms with van der Waals surface area (Å²) in [5.41, 5.74) is 4.90. The van der Waals surface area contributed by atoms with Gasteiger partial charge in [-0.3, -0.25) is 4.99 Å². The molecule has 2 aliphatic rings. The SMILES string of the molecule is CCCCC1=CSc2cc(OCC)c(OCC)cc2C(C2=CCCCC2)=N1. The molecule has 1 heterocycles. The van der Waals surface area contributed by atoms with Crippen molar-refractivity contribution < 1.29 is 9.47 Å². The van der Waals surface area contributed by atoms with Crippen molar-refractivity contribution in [2.24, 2.45) is 4.99 Å². The highest BCUT2D eigenvalue weighted by Gasteiger charge is 2.22. The Hall–Kier alpha value is -1.68. The van der Waals surface area contributed by atoms with Gasteiger partial charge in [-0.05, 0) is 75.5 Å². The molecular formula is C23H31NO2S. The highest BCUT2D eigenvalue weighted by Crippen LogP contribution is 2.41. The molecular weight excluding hydrogens is 354 g/mol. The maximum atomic E-state index is 5.90. The Morgan fingerprint density at radius 1 is 1.04 bits per heavy atom. The van der Waals surface area contributed by atoms with Crippen LogP contribution in [0.3, 0.4) is 0 Å². The van der Waals surface area contributed by atoms with Gasteiger partial charge in [0.15, 0.2) is 11.5 Å². The first-order valence-corrected chi connectivity index (χ1v) is 11.2. The lowest BCUT2D eigenvalue weighted by atomic mass is 9.92. The van der Waals surface area contributed by atoms with Gasteiger partial charge in [-0.2, -0.15) is 0 Å². The van der Waals surface area contributed by atoms with Crippen LogP contribution in [0.1, 0.15) is 71.3 Å². The molecule has 1 aliphatic heterocycles. The second-order valence-electron chi connectivity index (χ2n) is 6.93. The van der Waals surface area contributed by atoms with E-state index in [4.69, 9.17) is 14.5 Å². The molecule has 0 saturated heterocycles.